The zero-order chi connectivity index (χ0) is 23.3. The average molecular weight is 475 g/mol. The fourth-order valence-corrected chi connectivity index (χ4v) is 5.52. The fraction of sp³-hybridized carbons (Fsp3) is 0.370. The van der Waals surface area contributed by atoms with Crippen molar-refractivity contribution < 1.29 is 9.59 Å². The molecule has 0 radical (unpaired) electrons. The average Bonchev–Trinajstić information content (AvgIpc) is 3.65. The number of rotatable bonds is 6. The molecule has 7 heteroatoms. The number of para-hydroxylation sites is 1. The molecule has 2 saturated heterocycles. The summed E-state index contributed by atoms with van der Waals surface area (Å²) in [5.41, 5.74) is 2.78. The molecule has 0 atom stereocenters. The molecular weight excluding hydrogens is 444 g/mol. The summed E-state index contributed by atoms with van der Waals surface area (Å²) in [5.74, 6) is 0.697. The Balaban J connectivity index is 1.23. The monoisotopic (exact) mass is 474 g/mol. The fourth-order valence-electron chi connectivity index (χ4n) is 4.79. The van der Waals surface area contributed by atoms with E-state index in [2.05, 4.69) is 6.07 Å². The Hall–Kier alpha value is -3.19. The second-order valence-electron chi connectivity index (χ2n) is 9.08. The molecule has 0 bridgehead atoms. The summed E-state index contributed by atoms with van der Waals surface area (Å²) >= 11 is 1.64. The zero-order valence-corrected chi connectivity index (χ0v) is 20.1. The number of hydrogen-bond donors (Lipinski definition) is 0. The van der Waals surface area contributed by atoms with Gasteiger partial charge in [0.1, 0.15) is 5.69 Å². The number of amides is 2. The van der Waals surface area contributed by atoms with Crippen LogP contribution in [0.15, 0.2) is 60.1 Å². The molecule has 176 valence electrons. The first-order valence-electron chi connectivity index (χ1n) is 12.1. The lowest BCUT2D eigenvalue weighted by Crippen LogP contribution is -2.39. The van der Waals surface area contributed by atoms with E-state index < -0.39 is 0 Å². The highest BCUT2D eigenvalue weighted by atomic mass is 32.1. The van der Waals surface area contributed by atoms with Gasteiger partial charge in [-0.1, -0.05) is 24.3 Å². The molecular formula is C27H30N4O2S. The first-order chi connectivity index (χ1) is 16.7. The maximum Gasteiger partial charge on any atom is 0.246 e. The van der Waals surface area contributed by atoms with Gasteiger partial charge in [-0.2, -0.15) is 5.10 Å². The number of benzene rings is 1. The van der Waals surface area contributed by atoms with E-state index in [0.717, 1.165) is 60.6 Å². The van der Waals surface area contributed by atoms with Crippen molar-refractivity contribution in [3.8, 4) is 16.3 Å². The molecule has 0 saturated carbocycles. The molecule has 2 aliphatic rings. The summed E-state index contributed by atoms with van der Waals surface area (Å²) in [6.07, 6.45) is 10.2. The molecule has 3 aromatic rings. The molecule has 2 amide bonds. The van der Waals surface area contributed by atoms with Crippen LogP contribution < -0.4 is 0 Å². The van der Waals surface area contributed by atoms with Gasteiger partial charge in [-0.15, -0.1) is 11.3 Å². The van der Waals surface area contributed by atoms with E-state index in [1.165, 1.54) is 0 Å². The lowest BCUT2D eigenvalue weighted by atomic mass is 9.93. The smallest absolute Gasteiger partial charge is 0.246 e. The summed E-state index contributed by atoms with van der Waals surface area (Å²) in [7, 11) is 0. The third-order valence-electron chi connectivity index (χ3n) is 6.77. The molecule has 2 aromatic heterocycles. The van der Waals surface area contributed by atoms with Gasteiger partial charge >= 0.3 is 0 Å². The minimum absolute atomic E-state index is 0.0221. The summed E-state index contributed by atoms with van der Waals surface area (Å²) in [6, 6.07) is 14.1. The van der Waals surface area contributed by atoms with E-state index in [1.807, 2.05) is 68.5 Å². The standard InChI is InChI=1S/C27H30N4O2S/c32-25(30-16-12-21(13-17-30)19-26(33)29-14-4-5-15-29)11-10-22-20-31(23-7-2-1-3-8-23)28-27(22)24-9-6-18-34-24/h1-3,6-11,18,20-21H,4-5,12-17,19H2/b11-10+. The second kappa shape index (κ2) is 10.4. The van der Waals surface area contributed by atoms with Gasteiger partial charge in [0.15, 0.2) is 0 Å². The highest BCUT2D eigenvalue weighted by molar-refractivity contribution is 7.13. The lowest BCUT2D eigenvalue weighted by Gasteiger charge is -2.31. The first kappa shape index (κ1) is 22.6. The number of carbonyl (C=O) groups is 2. The number of carbonyl (C=O) groups excluding carboxylic acids is 2. The molecule has 0 unspecified atom stereocenters. The highest BCUT2D eigenvalue weighted by Gasteiger charge is 2.26. The van der Waals surface area contributed by atoms with Crippen LogP contribution >= 0.6 is 11.3 Å². The van der Waals surface area contributed by atoms with Crippen molar-refractivity contribution in [2.45, 2.75) is 32.1 Å². The Morgan fingerprint density at radius 2 is 1.74 bits per heavy atom. The van der Waals surface area contributed by atoms with E-state index in [0.29, 0.717) is 31.3 Å². The van der Waals surface area contributed by atoms with Gasteiger partial charge in [0.25, 0.3) is 0 Å². The number of aromatic nitrogens is 2. The van der Waals surface area contributed by atoms with Crippen molar-refractivity contribution in [1.82, 2.24) is 19.6 Å². The summed E-state index contributed by atoms with van der Waals surface area (Å²) < 4.78 is 1.86. The molecule has 34 heavy (non-hydrogen) atoms. The van der Waals surface area contributed by atoms with E-state index >= 15 is 0 Å². The molecule has 2 aliphatic heterocycles. The molecule has 0 N–H and O–H groups in total. The van der Waals surface area contributed by atoms with Gasteiger partial charge in [-0.25, -0.2) is 4.68 Å². The van der Waals surface area contributed by atoms with Crippen molar-refractivity contribution in [3.05, 3.63) is 65.7 Å². The van der Waals surface area contributed by atoms with Crippen LogP contribution in [0.2, 0.25) is 0 Å². The van der Waals surface area contributed by atoms with E-state index in [1.54, 1.807) is 17.4 Å². The Morgan fingerprint density at radius 3 is 2.44 bits per heavy atom. The van der Waals surface area contributed by atoms with Crippen molar-refractivity contribution in [2.24, 2.45) is 5.92 Å². The van der Waals surface area contributed by atoms with Gasteiger partial charge in [-0.05, 0) is 61.3 Å². The predicted octanol–water partition coefficient (Wildman–Crippen LogP) is 4.87. The maximum absolute atomic E-state index is 12.9. The zero-order valence-electron chi connectivity index (χ0n) is 19.3. The first-order valence-corrected chi connectivity index (χ1v) is 13.0. The molecule has 1 aromatic carbocycles. The predicted molar refractivity (Wildman–Crippen MR) is 136 cm³/mol. The van der Waals surface area contributed by atoms with Crippen LogP contribution in [0.4, 0.5) is 0 Å². The van der Waals surface area contributed by atoms with Crippen LogP contribution in [-0.2, 0) is 9.59 Å². The minimum Gasteiger partial charge on any atom is -0.343 e. The summed E-state index contributed by atoms with van der Waals surface area (Å²) in [6.45, 7) is 3.24. The van der Waals surface area contributed by atoms with Crippen molar-refractivity contribution in [3.63, 3.8) is 0 Å². The SMILES string of the molecule is O=C(/C=C/c1cn(-c2ccccc2)nc1-c1cccs1)N1CCC(CC(=O)N2CCCC2)CC1. The molecule has 0 aliphatic carbocycles. The topological polar surface area (TPSA) is 58.4 Å². The van der Waals surface area contributed by atoms with Crippen molar-refractivity contribution in [2.75, 3.05) is 26.2 Å². The van der Waals surface area contributed by atoms with Crippen LogP contribution in [0.1, 0.15) is 37.7 Å². The third kappa shape index (κ3) is 5.14. The van der Waals surface area contributed by atoms with E-state index in [9.17, 15) is 9.59 Å². The van der Waals surface area contributed by atoms with Crippen LogP contribution in [0.25, 0.3) is 22.3 Å². The number of nitrogens with zero attached hydrogens (tertiary/aromatic N) is 4. The number of hydrogen-bond acceptors (Lipinski definition) is 4. The van der Waals surface area contributed by atoms with E-state index in [4.69, 9.17) is 5.10 Å². The Kier molecular flexibility index (Phi) is 6.90. The number of piperidine rings is 1. The molecule has 2 fully saturated rings. The van der Waals surface area contributed by atoms with Crippen LogP contribution in [0.3, 0.4) is 0 Å². The van der Waals surface area contributed by atoms with Crippen LogP contribution in [0, 0.1) is 5.92 Å². The summed E-state index contributed by atoms with van der Waals surface area (Å²) in [4.78, 5) is 30.4. The molecule has 4 heterocycles. The van der Waals surface area contributed by atoms with Crippen LogP contribution in [-0.4, -0.2) is 57.6 Å². The minimum atomic E-state index is 0.0221. The Labute approximate surface area is 204 Å². The van der Waals surface area contributed by atoms with Crippen molar-refractivity contribution in [1.29, 1.82) is 0 Å². The van der Waals surface area contributed by atoms with Gasteiger partial charge in [0.2, 0.25) is 11.8 Å². The largest absolute Gasteiger partial charge is 0.343 e. The van der Waals surface area contributed by atoms with Gasteiger partial charge in [0, 0.05) is 50.4 Å². The Morgan fingerprint density at radius 1 is 0.971 bits per heavy atom. The van der Waals surface area contributed by atoms with Gasteiger partial charge in [0.05, 0.1) is 10.6 Å². The maximum atomic E-state index is 12.9. The number of likely N-dealkylation sites (tertiary alicyclic amines) is 2. The van der Waals surface area contributed by atoms with Gasteiger partial charge in [-0.3, -0.25) is 9.59 Å². The van der Waals surface area contributed by atoms with Gasteiger partial charge < -0.3 is 9.80 Å². The highest BCUT2D eigenvalue weighted by Crippen LogP contribution is 2.29. The second-order valence-corrected chi connectivity index (χ2v) is 10.0. The third-order valence-corrected chi connectivity index (χ3v) is 7.65. The van der Waals surface area contributed by atoms with E-state index in [-0.39, 0.29) is 5.91 Å². The molecule has 0 spiro atoms. The quantitative estimate of drug-likeness (QED) is 0.479. The molecule has 6 nitrogen and oxygen atoms in total. The summed E-state index contributed by atoms with van der Waals surface area (Å²) in [5, 5.41) is 6.83. The Bertz CT molecular complexity index is 1140. The van der Waals surface area contributed by atoms with Crippen LogP contribution in [0.5, 0.6) is 0 Å². The lowest BCUT2D eigenvalue weighted by molar-refractivity contribution is -0.131. The van der Waals surface area contributed by atoms with Crippen molar-refractivity contribution >= 4 is 29.2 Å². The normalized spacial score (nSPS) is 17.1. The number of thiophene rings is 1. The molecule has 5 rings (SSSR count).